The third-order valence-electron chi connectivity index (χ3n) is 4.41. The SMILES string of the molecule is O=C(c1ccccc1)N1CCC[C@H]1c1nc(COc2ccccc2)no1. The normalized spacial score (nSPS) is 16.6. The molecule has 0 N–H and O–H groups in total. The fraction of sp³-hybridized carbons (Fsp3) is 0.250. The van der Waals surface area contributed by atoms with Crippen molar-refractivity contribution in [2.75, 3.05) is 6.54 Å². The Hall–Kier alpha value is -3.15. The van der Waals surface area contributed by atoms with Crippen molar-refractivity contribution in [1.29, 1.82) is 0 Å². The lowest BCUT2D eigenvalue weighted by Gasteiger charge is -2.21. The Morgan fingerprint density at radius 3 is 2.62 bits per heavy atom. The van der Waals surface area contributed by atoms with Gasteiger partial charge in [-0.2, -0.15) is 4.98 Å². The maximum Gasteiger partial charge on any atom is 0.254 e. The number of likely N-dealkylation sites (tertiary alicyclic amines) is 1. The second kappa shape index (κ2) is 7.39. The minimum Gasteiger partial charge on any atom is -0.485 e. The minimum atomic E-state index is -0.180. The quantitative estimate of drug-likeness (QED) is 0.704. The second-order valence-corrected chi connectivity index (χ2v) is 6.17. The van der Waals surface area contributed by atoms with E-state index in [1.54, 1.807) is 0 Å². The highest BCUT2D eigenvalue weighted by Crippen LogP contribution is 2.32. The number of para-hydroxylation sites is 1. The molecule has 0 radical (unpaired) electrons. The summed E-state index contributed by atoms with van der Waals surface area (Å²) in [5, 5.41) is 3.99. The molecule has 1 atom stereocenters. The van der Waals surface area contributed by atoms with Crippen LogP contribution in [0.2, 0.25) is 0 Å². The number of rotatable bonds is 5. The van der Waals surface area contributed by atoms with E-state index in [0.717, 1.165) is 18.6 Å². The summed E-state index contributed by atoms with van der Waals surface area (Å²) in [5.41, 5.74) is 0.673. The molecule has 26 heavy (non-hydrogen) atoms. The van der Waals surface area contributed by atoms with Gasteiger partial charge in [0.25, 0.3) is 5.91 Å². The Morgan fingerprint density at radius 1 is 1.12 bits per heavy atom. The second-order valence-electron chi connectivity index (χ2n) is 6.17. The number of benzene rings is 2. The Balaban J connectivity index is 1.45. The molecule has 2 aromatic carbocycles. The molecule has 6 heteroatoms. The van der Waals surface area contributed by atoms with Crippen molar-refractivity contribution in [1.82, 2.24) is 15.0 Å². The molecule has 0 saturated carbocycles. The van der Waals surface area contributed by atoms with Crippen LogP contribution in [0.5, 0.6) is 5.75 Å². The van der Waals surface area contributed by atoms with Crippen LogP contribution < -0.4 is 4.74 Å². The summed E-state index contributed by atoms with van der Waals surface area (Å²) in [6, 6.07) is 18.6. The van der Waals surface area contributed by atoms with Gasteiger partial charge >= 0.3 is 0 Å². The Kier molecular flexibility index (Phi) is 4.64. The van der Waals surface area contributed by atoms with Crippen LogP contribution in [0.25, 0.3) is 0 Å². The van der Waals surface area contributed by atoms with Gasteiger partial charge in [0, 0.05) is 12.1 Å². The molecule has 0 spiro atoms. The van der Waals surface area contributed by atoms with E-state index in [0.29, 0.717) is 23.8 Å². The molecule has 1 aromatic heterocycles. The first-order valence-electron chi connectivity index (χ1n) is 8.67. The van der Waals surface area contributed by atoms with Gasteiger partial charge in [-0.3, -0.25) is 4.79 Å². The standard InChI is InChI=1S/C20H19N3O3/c24-20(15-8-3-1-4-9-15)23-13-7-12-17(23)19-21-18(22-26-19)14-25-16-10-5-2-6-11-16/h1-6,8-11,17H,7,12-14H2/t17-/m0/s1. The van der Waals surface area contributed by atoms with Crippen molar-refractivity contribution in [3.05, 3.63) is 77.9 Å². The van der Waals surface area contributed by atoms with Gasteiger partial charge in [-0.25, -0.2) is 0 Å². The molecule has 1 aliphatic rings. The summed E-state index contributed by atoms with van der Waals surface area (Å²) in [5.74, 6) is 1.69. The number of amides is 1. The molecule has 6 nitrogen and oxygen atoms in total. The summed E-state index contributed by atoms with van der Waals surface area (Å²) >= 11 is 0. The summed E-state index contributed by atoms with van der Waals surface area (Å²) in [4.78, 5) is 19.0. The topological polar surface area (TPSA) is 68.5 Å². The van der Waals surface area contributed by atoms with E-state index < -0.39 is 0 Å². The lowest BCUT2D eigenvalue weighted by Crippen LogP contribution is -2.30. The average Bonchev–Trinajstić information content (AvgIpc) is 3.36. The van der Waals surface area contributed by atoms with Crippen LogP contribution in [0.1, 0.15) is 41.0 Å². The summed E-state index contributed by atoms with van der Waals surface area (Å²) < 4.78 is 11.1. The number of hydrogen-bond acceptors (Lipinski definition) is 5. The van der Waals surface area contributed by atoms with E-state index in [1.807, 2.05) is 65.6 Å². The van der Waals surface area contributed by atoms with Gasteiger partial charge in [0.1, 0.15) is 11.8 Å². The Morgan fingerprint density at radius 2 is 1.85 bits per heavy atom. The molecular weight excluding hydrogens is 330 g/mol. The van der Waals surface area contributed by atoms with Crippen LogP contribution >= 0.6 is 0 Å². The van der Waals surface area contributed by atoms with Crippen LogP contribution in [-0.2, 0) is 6.61 Å². The van der Waals surface area contributed by atoms with Gasteiger partial charge in [0.15, 0.2) is 6.61 Å². The summed E-state index contributed by atoms with van der Waals surface area (Å²) in [7, 11) is 0. The average molecular weight is 349 g/mol. The molecule has 1 aliphatic heterocycles. The van der Waals surface area contributed by atoms with Gasteiger partial charge < -0.3 is 14.2 Å². The fourth-order valence-corrected chi connectivity index (χ4v) is 3.14. The molecule has 0 bridgehead atoms. The molecule has 1 amide bonds. The number of carbonyl (C=O) groups is 1. The van der Waals surface area contributed by atoms with E-state index in [9.17, 15) is 4.79 Å². The van der Waals surface area contributed by atoms with Gasteiger partial charge in [0.2, 0.25) is 11.7 Å². The van der Waals surface area contributed by atoms with Crippen molar-refractivity contribution in [2.24, 2.45) is 0 Å². The summed E-state index contributed by atoms with van der Waals surface area (Å²) in [6.07, 6.45) is 1.74. The zero-order valence-corrected chi connectivity index (χ0v) is 14.2. The van der Waals surface area contributed by atoms with Crippen molar-refractivity contribution in [3.8, 4) is 5.75 Å². The van der Waals surface area contributed by atoms with Gasteiger partial charge in [-0.1, -0.05) is 41.6 Å². The third-order valence-corrected chi connectivity index (χ3v) is 4.41. The number of nitrogens with zero attached hydrogens (tertiary/aromatic N) is 3. The number of aromatic nitrogens is 2. The third kappa shape index (κ3) is 3.44. The molecule has 4 rings (SSSR count). The lowest BCUT2D eigenvalue weighted by atomic mass is 10.1. The zero-order chi connectivity index (χ0) is 17.8. The van der Waals surface area contributed by atoms with E-state index >= 15 is 0 Å². The fourth-order valence-electron chi connectivity index (χ4n) is 3.14. The zero-order valence-electron chi connectivity index (χ0n) is 14.2. The van der Waals surface area contributed by atoms with Crippen LogP contribution in [-0.4, -0.2) is 27.5 Å². The van der Waals surface area contributed by atoms with Crippen molar-refractivity contribution in [3.63, 3.8) is 0 Å². The van der Waals surface area contributed by atoms with Crippen LogP contribution in [0.4, 0.5) is 0 Å². The van der Waals surface area contributed by atoms with Crippen LogP contribution in [0, 0.1) is 0 Å². The smallest absolute Gasteiger partial charge is 0.254 e. The highest BCUT2D eigenvalue weighted by Gasteiger charge is 2.34. The predicted octanol–water partition coefficient (Wildman–Crippen LogP) is 3.63. The predicted molar refractivity (Wildman–Crippen MR) is 94.5 cm³/mol. The van der Waals surface area contributed by atoms with E-state index in [4.69, 9.17) is 9.26 Å². The van der Waals surface area contributed by atoms with E-state index in [1.165, 1.54) is 0 Å². The maximum absolute atomic E-state index is 12.8. The van der Waals surface area contributed by atoms with Gasteiger partial charge in [-0.05, 0) is 37.1 Å². The van der Waals surface area contributed by atoms with Crippen LogP contribution in [0.15, 0.2) is 65.2 Å². The number of hydrogen-bond donors (Lipinski definition) is 0. The monoisotopic (exact) mass is 349 g/mol. The van der Waals surface area contributed by atoms with E-state index in [2.05, 4.69) is 10.1 Å². The molecule has 0 unspecified atom stereocenters. The van der Waals surface area contributed by atoms with Gasteiger partial charge in [-0.15, -0.1) is 0 Å². The highest BCUT2D eigenvalue weighted by atomic mass is 16.5. The largest absolute Gasteiger partial charge is 0.485 e. The van der Waals surface area contributed by atoms with Crippen LogP contribution in [0.3, 0.4) is 0 Å². The van der Waals surface area contributed by atoms with Crippen molar-refractivity contribution >= 4 is 5.91 Å². The maximum atomic E-state index is 12.8. The molecule has 1 fully saturated rings. The Bertz CT molecular complexity index is 864. The van der Waals surface area contributed by atoms with Gasteiger partial charge in [0.05, 0.1) is 0 Å². The first-order chi connectivity index (χ1) is 12.8. The Labute approximate surface area is 151 Å². The molecule has 2 heterocycles. The van der Waals surface area contributed by atoms with E-state index in [-0.39, 0.29) is 18.6 Å². The van der Waals surface area contributed by atoms with Crippen molar-refractivity contribution in [2.45, 2.75) is 25.5 Å². The first-order valence-corrected chi connectivity index (χ1v) is 8.67. The molecule has 3 aromatic rings. The number of carbonyl (C=O) groups excluding carboxylic acids is 1. The first kappa shape index (κ1) is 16.3. The number of ether oxygens (including phenoxy) is 1. The van der Waals surface area contributed by atoms with Crippen molar-refractivity contribution < 1.29 is 14.1 Å². The highest BCUT2D eigenvalue weighted by molar-refractivity contribution is 5.94. The molecule has 0 aliphatic carbocycles. The minimum absolute atomic E-state index is 0.00612. The molecule has 1 saturated heterocycles. The summed E-state index contributed by atoms with van der Waals surface area (Å²) in [6.45, 7) is 0.920. The lowest BCUT2D eigenvalue weighted by molar-refractivity contribution is 0.0710. The molecular formula is C20H19N3O3. The molecule has 132 valence electrons.